The van der Waals surface area contributed by atoms with Crippen LogP contribution in [0, 0.1) is 11.2 Å². The topological polar surface area (TPSA) is 58.2 Å². The summed E-state index contributed by atoms with van der Waals surface area (Å²) in [4.78, 5) is 24.8. The van der Waals surface area contributed by atoms with E-state index in [1.165, 1.54) is 26.0 Å². The molecule has 26 heavy (non-hydrogen) atoms. The van der Waals surface area contributed by atoms with E-state index in [1.54, 1.807) is 12.1 Å². The van der Waals surface area contributed by atoms with Crippen LogP contribution in [0.25, 0.3) is 0 Å². The van der Waals surface area contributed by atoms with Crippen molar-refractivity contribution in [2.45, 2.75) is 20.3 Å². The summed E-state index contributed by atoms with van der Waals surface area (Å²) in [6, 6.07) is 11.1. The van der Waals surface area contributed by atoms with Gasteiger partial charge in [-0.15, -0.1) is 0 Å². The summed E-state index contributed by atoms with van der Waals surface area (Å²) in [5, 5.41) is 5.88. The molecule has 2 amide bonds. The summed E-state index contributed by atoms with van der Waals surface area (Å²) in [7, 11) is 0. The SMILES string of the molecule is CC(C)(C(=O)NCCc1ccc(Cl)cc1)C(=O)Nc1ccc(F)c(Cl)c1. The van der Waals surface area contributed by atoms with Crippen LogP contribution in [0.3, 0.4) is 0 Å². The van der Waals surface area contributed by atoms with E-state index in [-0.39, 0.29) is 5.02 Å². The fourth-order valence-electron chi connectivity index (χ4n) is 2.16. The summed E-state index contributed by atoms with van der Waals surface area (Å²) in [6.45, 7) is 3.43. The quantitative estimate of drug-likeness (QED) is 0.708. The maximum absolute atomic E-state index is 13.2. The first-order valence-corrected chi connectivity index (χ1v) is 8.75. The molecule has 0 fully saturated rings. The second kappa shape index (κ2) is 8.52. The molecule has 0 bridgehead atoms. The molecule has 2 aromatic carbocycles. The molecule has 0 saturated carbocycles. The van der Waals surface area contributed by atoms with Crippen LogP contribution in [-0.2, 0) is 16.0 Å². The molecular formula is C19H19Cl2FN2O2. The Balaban J connectivity index is 1.91. The van der Waals surface area contributed by atoms with Crippen LogP contribution in [0.15, 0.2) is 42.5 Å². The fourth-order valence-corrected chi connectivity index (χ4v) is 2.46. The Kier molecular flexibility index (Phi) is 6.62. The number of halogens is 3. The Morgan fingerprint density at radius 1 is 1.04 bits per heavy atom. The predicted octanol–water partition coefficient (Wildman–Crippen LogP) is 4.46. The van der Waals surface area contributed by atoms with Crippen molar-refractivity contribution in [1.29, 1.82) is 0 Å². The first-order valence-electron chi connectivity index (χ1n) is 7.99. The van der Waals surface area contributed by atoms with E-state index in [2.05, 4.69) is 10.6 Å². The van der Waals surface area contributed by atoms with E-state index in [0.717, 1.165) is 11.6 Å². The molecule has 0 aliphatic rings. The lowest BCUT2D eigenvalue weighted by Crippen LogP contribution is -2.45. The van der Waals surface area contributed by atoms with E-state index in [9.17, 15) is 14.0 Å². The lowest BCUT2D eigenvalue weighted by molar-refractivity contribution is -0.138. The molecule has 0 atom stereocenters. The van der Waals surface area contributed by atoms with Crippen LogP contribution >= 0.6 is 23.2 Å². The Morgan fingerprint density at radius 2 is 1.69 bits per heavy atom. The smallest absolute Gasteiger partial charge is 0.239 e. The van der Waals surface area contributed by atoms with Gasteiger partial charge >= 0.3 is 0 Å². The van der Waals surface area contributed by atoms with E-state index in [4.69, 9.17) is 23.2 Å². The molecule has 4 nitrogen and oxygen atoms in total. The third-order valence-electron chi connectivity index (χ3n) is 3.93. The number of hydrogen-bond acceptors (Lipinski definition) is 2. The maximum Gasteiger partial charge on any atom is 0.239 e. The normalized spacial score (nSPS) is 11.1. The molecule has 0 heterocycles. The highest BCUT2D eigenvalue weighted by Gasteiger charge is 2.35. The molecule has 2 aromatic rings. The Morgan fingerprint density at radius 3 is 2.31 bits per heavy atom. The van der Waals surface area contributed by atoms with Crippen LogP contribution < -0.4 is 10.6 Å². The van der Waals surface area contributed by atoms with Crippen molar-refractivity contribution in [3.8, 4) is 0 Å². The molecule has 7 heteroatoms. The summed E-state index contributed by atoms with van der Waals surface area (Å²) < 4.78 is 13.2. The number of nitrogens with one attached hydrogen (secondary N) is 2. The number of amides is 2. The second-order valence-electron chi connectivity index (χ2n) is 6.34. The number of carbonyl (C=O) groups is 2. The minimum absolute atomic E-state index is 0.104. The average molecular weight is 397 g/mol. The van der Waals surface area contributed by atoms with Crippen molar-refractivity contribution in [1.82, 2.24) is 5.32 Å². The van der Waals surface area contributed by atoms with E-state index < -0.39 is 23.0 Å². The van der Waals surface area contributed by atoms with Gasteiger partial charge in [-0.05, 0) is 56.2 Å². The zero-order valence-electron chi connectivity index (χ0n) is 14.4. The van der Waals surface area contributed by atoms with Gasteiger partial charge in [0.1, 0.15) is 11.2 Å². The molecule has 0 spiro atoms. The first-order chi connectivity index (χ1) is 12.2. The largest absolute Gasteiger partial charge is 0.355 e. The van der Waals surface area contributed by atoms with Gasteiger partial charge in [-0.2, -0.15) is 0 Å². The van der Waals surface area contributed by atoms with Crippen LogP contribution in [0.2, 0.25) is 10.0 Å². The molecule has 0 aliphatic heterocycles. The van der Waals surface area contributed by atoms with Crippen molar-refractivity contribution >= 4 is 40.7 Å². The first kappa shape index (κ1) is 20.2. The van der Waals surface area contributed by atoms with Crippen molar-refractivity contribution in [3.63, 3.8) is 0 Å². The van der Waals surface area contributed by atoms with Gasteiger partial charge in [0.2, 0.25) is 11.8 Å². The molecule has 0 aliphatic carbocycles. The van der Waals surface area contributed by atoms with E-state index in [0.29, 0.717) is 23.7 Å². The lowest BCUT2D eigenvalue weighted by Gasteiger charge is -2.23. The van der Waals surface area contributed by atoms with Gasteiger partial charge in [-0.25, -0.2) is 4.39 Å². The fraction of sp³-hybridized carbons (Fsp3) is 0.263. The molecule has 0 saturated heterocycles. The summed E-state index contributed by atoms with van der Waals surface area (Å²) >= 11 is 11.5. The molecule has 0 unspecified atom stereocenters. The number of hydrogen-bond donors (Lipinski definition) is 2. The molecule has 0 radical (unpaired) electrons. The monoisotopic (exact) mass is 396 g/mol. The van der Waals surface area contributed by atoms with Crippen molar-refractivity contribution in [2.24, 2.45) is 5.41 Å². The van der Waals surface area contributed by atoms with Gasteiger partial charge in [0.15, 0.2) is 0 Å². The Hall–Kier alpha value is -2.11. The Labute approximate surface area is 161 Å². The highest BCUT2D eigenvalue weighted by atomic mass is 35.5. The molecule has 2 N–H and O–H groups in total. The summed E-state index contributed by atoms with van der Waals surface area (Å²) in [5.74, 6) is -1.50. The van der Waals surface area contributed by atoms with Gasteiger partial charge in [0.25, 0.3) is 0 Å². The minimum Gasteiger partial charge on any atom is -0.355 e. The zero-order valence-corrected chi connectivity index (χ0v) is 15.9. The van der Waals surface area contributed by atoms with Gasteiger partial charge in [0, 0.05) is 17.3 Å². The van der Waals surface area contributed by atoms with Crippen molar-refractivity contribution in [2.75, 3.05) is 11.9 Å². The standard InChI is InChI=1S/C19H19Cl2FN2O2/c1-19(2,18(26)24-14-7-8-16(22)15(21)11-14)17(25)23-10-9-12-3-5-13(20)6-4-12/h3-8,11H,9-10H2,1-2H3,(H,23,25)(H,24,26). The number of anilines is 1. The molecule has 0 aromatic heterocycles. The van der Waals surface area contributed by atoms with Crippen molar-refractivity contribution < 1.29 is 14.0 Å². The van der Waals surface area contributed by atoms with Crippen LogP contribution in [0.5, 0.6) is 0 Å². The van der Waals surface area contributed by atoms with Gasteiger partial charge in [0.05, 0.1) is 5.02 Å². The van der Waals surface area contributed by atoms with Crippen LogP contribution in [0.1, 0.15) is 19.4 Å². The van der Waals surface area contributed by atoms with Gasteiger partial charge in [-0.1, -0.05) is 35.3 Å². The zero-order chi connectivity index (χ0) is 19.3. The second-order valence-corrected chi connectivity index (χ2v) is 7.18. The minimum atomic E-state index is -1.30. The maximum atomic E-state index is 13.2. The third kappa shape index (κ3) is 5.19. The molecule has 138 valence electrons. The lowest BCUT2D eigenvalue weighted by atomic mass is 9.91. The third-order valence-corrected chi connectivity index (χ3v) is 4.47. The summed E-state index contributed by atoms with van der Waals surface area (Å²) in [5.41, 5.74) is 0.0438. The molecule has 2 rings (SSSR count). The number of carbonyl (C=O) groups excluding carboxylic acids is 2. The van der Waals surface area contributed by atoms with Crippen LogP contribution in [0.4, 0.5) is 10.1 Å². The highest BCUT2D eigenvalue weighted by Crippen LogP contribution is 2.23. The average Bonchev–Trinajstić information content (AvgIpc) is 2.59. The highest BCUT2D eigenvalue weighted by molar-refractivity contribution is 6.31. The number of benzene rings is 2. The van der Waals surface area contributed by atoms with E-state index >= 15 is 0 Å². The predicted molar refractivity (Wildman–Crippen MR) is 102 cm³/mol. The van der Waals surface area contributed by atoms with Crippen molar-refractivity contribution in [3.05, 3.63) is 63.9 Å². The number of rotatable bonds is 6. The van der Waals surface area contributed by atoms with Crippen LogP contribution in [-0.4, -0.2) is 18.4 Å². The Bertz CT molecular complexity index is 808. The van der Waals surface area contributed by atoms with Gasteiger partial charge < -0.3 is 10.6 Å². The summed E-state index contributed by atoms with van der Waals surface area (Å²) in [6.07, 6.45) is 0.619. The van der Waals surface area contributed by atoms with E-state index in [1.807, 2.05) is 12.1 Å². The molecular weight excluding hydrogens is 378 g/mol. The van der Waals surface area contributed by atoms with Gasteiger partial charge in [-0.3, -0.25) is 9.59 Å².